The molecule has 1 amide bonds. The number of rotatable bonds is 7. The minimum Gasteiger partial charge on any atom is -0.338 e. The molecule has 5 rings (SSSR count). The number of pyridine rings is 1. The zero-order valence-electron chi connectivity index (χ0n) is 17.0. The van der Waals surface area contributed by atoms with Crippen molar-refractivity contribution in [1.29, 1.82) is 0 Å². The molecule has 0 N–H and O–H groups in total. The van der Waals surface area contributed by atoms with Crippen LogP contribution in [0.2, 0.25) is 0 Å². The predicted molar refractivity (Wildman–Crippen MR) is 110 cm³/mol. The van der Waals surface area contributed by atoms with E-state index < -0.39 is 0 Å². The van der Waals surface area contributed by atoms with Crippen molar-refractivity contribution in [3.05, 3.63) is 30.1 Å². The van der Waals surface area contributed by atoms with E-state index in [1.807, 2.05) is 12.4 Å². The van der Waals surface area contributed by atoms with Crippen LogP contribution in [0.5, 0.6) is 0 Å². The van der Waals surface area contributed by atoms with Gasteiger partial charge in [-0.2, -0.15) is 0 Å². The molecule has 1 unspecified atom stereocenters. The Morgan fingerprint density at radius 2 is 1.79 bits per heavy atom. The molecule has 1 aromatic rings. The highest BCUT2D eigenvalue weighted by Crippen LogP contribution is 2.34. The summed E-state index contributed by atoms with van der Waals surface area (Å²) >= 11 is 0. The van der Waals surface area contributed by atoms with E-state index in [1.165, 1.54) is 57.1 Å². The van der Waals surface area contributed by atoms with Crippen LogP contribution in [0.25, 0.3) is 0 Å². The van der Waals surface area contributed by atoms with Crippen LogP contribution in [0, 0.1) is 5.92 Å². The molecule has 2 aliphatic carbocycles. The van der Waals surface area contributed by atoms with E-state index in [1.54, 1.807) is 0 Å². The van der Waals surface area contributed by atoms with Gasteiger partial charge in [-0.3, -0.25) is 19.6 Å². The third-order valence-electron chi connectivity index (χ3n) is 7.40. The molecule has 1 aromatic heterocycles. The molecule has 0 aromatic carbocycles. The first-order valence-corrected chi connectivity index (χ1v) is 11.5. The number of carbonyl (C=O) groups excluding carboxylic acids is 1. The van der Waals surface area contributed by atoms with Crippen molar-refractivity contribution in [3.8, 4) is 0 Å². The number of hydrogen-bond donors (Lipinski definition) is 0. The maximum absolute atomic E-state index is 13.1. The highest BCUT2D eigenvalue weighted by molar-refractivity contribution is 5.83. The standard InChI is InChI=1S/C23H34N4O/c28-23(22-10-13-27(22)20-4-2-1-3-5-20)26-16-21(17-26)25(14-18-6-7-18)15-19-8-11-24-12-9-19/h8-9,11-12,18,20-22H,1-7,10,13-17H2. The average Bonchev–Trinajstić information content (AvgIpc) is 3.45. The van der Waals surface area contributed by atoms with Gasteiger partial charge in [0.15, 0.2) is 0 Å². The Bertz CT molecular complexity index is 664. The number of amides is 1. The monoisotopic (exact) mass is 382 g/mol. The van der Waals surface area contributed by atoms with Crippen molar-refractivity contribution in [2.24, 2.45) is 5.92 Å². The zero-order valence-corrected chi connectivity index (χ0v) is 17.0. The largest absolute Gasteiger partial charge is 0.338 e. The number of carbonyl (C=O) groups is 1. The van der Waals surface area contributed by atoms with Crippen LogP contribution in [0.15, 0.2) is 24.5 Å². The maximum atomic E-state index is 13.1. The van der Waals surface area contributed by atoms with Crippen LogP contribution in [0.1, 0.15) is 56.9 Å². The molecule has 5 nitrogen and oxygen atoms in total. The lowest BCUT2D eigenvalue weighted by Gasteiger charge is -2.52. The Balaban J connectivity index is 1.15. The second-order valence-electron chi connectivity index (χ2n) is 9.46. The van der Waals surface area contributed by atoms with Gasteiger partial charge in [-0.25, -0.2) is 0 Å². The van der Waals surface area contributed by atoms with Gasteiger partial charge in [0.2, 0.25) is 5.91 Å². The first-order chi connectivity index (χ1) is 13.8. The van der Waals surface area contributed by atoms with Gasteiger partial charge in [-0.15, -0.1) is 0 Å². The van der Waals surface area contributed by atoms with Crippen LogP contribution in [-0.2, 0) is 11.3 Å². The average molecular weight is 383 g/mol. The predicted octanol–water partition coefficient (Wildman–Crippen LogP) is 2.91. The van der Waals surface area contributed by atoms with E-state index in [0.29, 0.717) is 18.0 Å². The quantitative estimate of drug-likeness (QED) is 0.727. The van der Waals surface area contributed by atoms with Gasteiger partial charge in [-0.1, -0.05) is 19.3 Å². The van der Waals surface area contributed by atoms with Gasteiger partial charge in [-0.05, 0) is 55.7 Å². The third kappa shape index (κ3) is 3.97. The highest BCUT2D eigenvalue weighted by atomic mass is 16.2. The van der Waals surface area contributed by atoms with Crippen molar-refractivity contribution in [3.63, 3.8) is 0 Å². The molecule has 3 heterocycles. The Morgan fingerprint density at radius 3 is 2.43 bits per heavy atom. The smallest absolute Gasteiger partial charge is 0.240 e. The number of hydrogen-bond acceptors (Lipinski definition) is 4. The Morgan fingerprint density at radius 1 is 1.04 bits per heavy atom. The summed E-state index contributed by atoms with van der Waals surface area (Å²) in [5.41, 5.74) is 1.34. The molecule has 5 heteroatoms. The molecule has 2 aliphatic heterocycles. The lowest BCUT2D eigenvalue weighted by atomic mass is 9.88. The van der Waals surface area contributed by atoms with Gasteiger partial charge in [0, 0.05) is 57.2 Å². The van der Waals surface area contributed by atoms with E-state index >= 15 is 0 Å². The minimum absolute atomic E-state index is 0.182. The van der Waals surface area contributed by atoms with Crippen LogP contribution in [0.4, 0.5) is 0 Å². The second-order valence-corrected chi connectivity index (χ2v) is 9.46. The highest BCUT2D eigenvalue weighted by Gasteiger charge is 2.45. The van der Waals surface area contributed by atoms with E-state index in [2.05, 4.69) is 31.8 Å². The normalized spacial score (nSPS) is 26.9. The summed E-state index contributed by atoms with van der Waals surface area (Å²) in [6.07, 6.45) is 14.3. The molecule has 2 saturated heterocycles. The van der Waals surface area contributed by atoms with Crippen molar-refractivity contribution in [2.75, 3.05) is 26.2 Å². The second kappa shape index (κ2) is 8.11. The van der Waals surface area contributed by atoms with E-state index in [4.69, 9.17) is 0 Å². The van der Waals surface area contributed by atoms with Gasteiger partial charge >= 0.3 is 0 Å². The number of aromatic nitrogens is 1. The van der Waals surface area contributed by atoms with Gasteiger partial charge < -0.3 is 4.90 Å². The summed E-state index contributed by atoms with van der Waals surface area (Å²) in [4.78, 5) is 24.5. The van der Waals surface area contributed by atoms with Gasteiger partial charge in [0.05, 0.1) is 6.04 Å². The topological polar surface area (TPSA) is 39.7 Å². The Hall–Kier alpha value is -1.46. The lowest BCUT2D eigenvalue weighted by molar-refractivity contribution is -0.152. The number of nitrogens with zero attached hydrogens (tertiary/aromatic N) is 4. The van der Waals surface area contributed by atoms with E-state index in [9.17, 15) is 4.79 Å². The van der Waals surface area contributed by atoms with E-state index in [0.717, 1.165) is 38.5 Å². The molecule has 28 heavy (non-hydrogen) atoms. The van der Waals surface area contributed by atoms with Crippen LogP contribution in [-0.4, -0.2) is 69.9 Å². The molecule has 152 valence electrons. The summed E-state index contributed by atoms with van der Waals surface area (Å²) in [6, 6.07) is 5.63. The van der Waals surface area contributed by atoms with Crippen molar-refractivity contribution < 1.29 is 4.79 Å². The molecule has 0 spiro atoms. The summed E-state index contributed by atoms with van der Waals surface area (Å²) in [5, 5.41) is 0. The molecule has 0 radical (unpaired) electrons. The fourth-order valence-corrected chi connectivity index (χ4v) is 5.30. The maximum Gasteiger partial charge on any atom is 0.240 e. The molecule has 1 atom stereocenters. The lowest BCUT2D eigenvalue weighted by Crippen LogP contribution is -2.67. The van der Waals surface area contributed by atoms with Crippen LogP contribution < -0.4 is 0 Å². The Labute approximate surface area is 169 Å². The summed E-state index contributed by atoms with van der Waals surface area (Å²) in [5.74, 6) is 1.28. The van der Waals surface area contributed by atoms with Crippen molar-refractivity contribution >= 4 is 5.91 Å². The Kier molecular flexibility index (Phi) is 5.38. The molecular formula is C23H34N4O. The molecule has 0 bridgehead atoms. The molecule has 4 fully saturated rings. The van der Waals surface area contributed by atoms with Crippen LogP contribution in [0.3, 0.4) is 0 Å². The zero-order chi connectivity index (χ0) is 18.9. The van der Waals surface area contributed by atoms with E-state index in [-0.39, 0.29) is 6.04 Å². The fraction of sp³-hybridized carbons (Fsp3) is 0.739. The third-order valence-corrected chi connectivity index (χ3v) is 7.40. The van der Waals surface area contributed by atoms with Crippen LogP contribution >= 0.6 is 0 Å². The SMILES string of the molecule is O=C(C1CCN1C1CCCCC1)N1CC(N(Cc2ccncc2)CC2CC2)C1. The summed E-state index contributed by atoms with van der Waals surface area (Å²) in [7, 11) is 0. The van der Waals surface area contributed by atoms with Gasteiger partial charge in [0.1, 0.15) is 0 Å². The summed E-state index contributed by atoms with van der Waals surface area (Å²) in [6.45, 7) is 5.15. The molecular weight excluding hydrogens is 348 g/mol. The minimum atomic E-state index is 0.182. The first-order valence-electron chi connectivity index (χ1n) is 11.5. The molecule has 4 aliphatic rings. The summed E-state index contributed by atoms with van der Waals surface area (Å²) < 4.78 is 0. The van der Waals surface area contributed by atoms with Crippen molar-refractivity contribution in [2.45, 2.75) is 76.0 Å². The fourth-order valence-electron chi connectivity index (χ4n) is 5.30. The number of likely N-dealkylation sites (tertiary alicyclic amines) is 2. The first kappa shape index (κ1) is 18.6. The molecule has 2 saturated carbocycles. The van der Waals surface area contributed by atoms with Gasteiger partial charge in [0.25, 0.3) is 0 Å². The van der Waals surface area contributed by atoms with Crippen molar-refractivity contribution in [1.82, 2.24) is 19.7 Å².